The topological polar surface area (TPSA) is 165 Å². The molecular formula is C11H13ClN2O8S. The first-order valence-corrected chi connectivity index (χ1v) is 7.65. The summed E-state index contributed by atoms with van der Waals surface area (Å²) < 4.78 is 41.1. The van der Waals surface area contributed by atoms with Crippen molar-refractivity contribution >= 4 is 39.5 Å². The molecule has 0 radical (unpaired) electrons. The van der Waals surface area contributed by atoms with Crippen LogP contribution in [0.4, 0.5) is 10.5 Å². The Morgan fingerprint density at radius 1 is 1.43 bits per heavy atom. The van der Waals surface area contributed by atoms with E-state index in [0.29, 0.717) is 0 Å². The number of aliphatic carboxylic acids is 1. The van der Waals surface area contributed by atoms with Crippen molar-refractivity contribution in [3.8, 4) is 5.75 Å². The zero-order chi connectivity index (χ0) is 17.8. The summed E-state index contributed by atoms with van der Waals surface area (Å²) in [6, 6.07) is 0.649. The van der Waals surface area contributed by atoms with Gasteiger partial charge in [-0.25, -0.2) is 4.79 Å². The number of hydrogen-bond donors (Lipinski definition) is 4. The highest BCUT2D eigenvalue weighted by Gasteiger charge is 2.23. The van der Waals surface area contributed by atoms with Crippen molar-refractivity contribution in [3.63, 3.8) is 0 Å². The highest BCUT2D eigenvalue weighted by molar-refractivity contribution is 7.86. The van der Waals surface area contributed by atoms with E-state index >= 15 is 0 Å². The number of amides is 1. The number of benzene rings is 1. The van der Waals surface area contributed by atoms with Crippen molar-refractivity contribution in [3.05, 3.63) is 17.2 Å². The second-order valence-corrected chi connectivity index (χ2v) is 5.95. The fourth-order valence-electron chi connectivity index (χ4n) is 1.45. The predicted octanol–water partition coefficient (Wildman–Crippen LogP) is 0.556. The molecule has 128 valence electrons. The van der Waals surface area contributed by atoms with Gasteiger partial charge < -0.3 is 20.3 Å². The molecule has 12 heteroatoms. The summed E-state index contributed by atoms with van der Waals surface area (Å²) in [6.45, 7) is -0.616. The second kappa shape index (κ2) is 7.46. The van der Waals surface area contributed by atoms with Gasteiger partial charge in [-0.1, -0.05) is 11.6 Å². The molecule has 1 aromatic rings. The quantitative estimate of drug-likeness (QED) is 0.524. The van der Waals surface area contributed by atoms with Crippen LogP contribution in [0, 0.1) is 0 Å². The number of methoxy groups -OCH3 is 1. The molecule has 1 atom stereocenters. The van der Waals surface area contributed by atoms with E-state index in [1.54, 1.807) is 0 Å². The molecule has 0 saturated carbocycles. The van der Waals surface area contributed by atoms with Gasteiger partial charge in [-0.15, -0.1) is 0 Å². The molecule has 0 aliphatic rings. The minimum Gasteiger partial charge on any atom is -0.493 e. The lowest BCUT2D eigenvalue weighted by Gasteiger charge is -2.14. The largest absolute Gasteiger partial charge is 0.493 e. The normalized spacial score (nSPS) is 12.3. The predicted molar refractivity (Wildman–Crippen MR) is 78.4 cm³/mol. The summed E-state index contributed by atoms with van der Waals surface area (Å²) in [4.78, 5) is 21.4. The van der Waals surface area contributed by atoms with Crippen LogP contribution in [0.25, 0.3) is 0 Å². The maximum atomic E-state index is 11.6. The summed E-state index contributed by atoms with van der Waals surface area (Å²) in [5.74, 6) is -1.75. The molecule has 23 heavy (non-hydrogen) atoms. The van der Waals surface area contributed by atoms with E-state index in [-0.39, 0.29) is 16.5 Å². The Morgan fingerprint density at radius 3 is 2.52 bits per heavy atom. The van der Waals surface area contributed by atoms with Gasteiger partial charge in [-0.3, -0.25) is 14.7 Å². The van der Waals surface area contributed by atoms with Crippen LogP contribution in [0.15, 0.2) is 17.0 Å². The Bertz CT molecular complexity index is 721. The van der Waals surface area contributed by atoms with Crippen LogP contribution in [0.2, 0.25) is 5.02 Å². The lowest BCUT2D eigenvalue weighted by Crippen LogP contribution is -2.36. The first-order chi connectivity index (χ1) is 10.6. The van der Waals surface area contributed by atoms with Crippen LogP contribution < -0.4 is 15.8 Å². The summed E-state index contributed by atoms with van der Waals surface area (Å²) in [7, 11) is -3.56. The summed E-state index contributed by atoms with van der Waals surface area (Å²) in [5, 5.41) is 10.6. The first kappa shape index (κ1) is 19.0. The van der Waals surface area contributed by atoms with Gasteiger partial charge in [-0.05, 0) is 12.1 Å². The van der Waals surface area contributed by atoms with Gasteiger partial charge in [0.15, 0.2) is 5.75 Å². The fourth-order valence-corrected chi connectivity index (χ4v) is 2.43. The minimum atomic E-state index is -4.66. The van der Waals surface area contributed by atoms with Gasteiger partial charge >= 0.3 is 12.1 Å². The Labute approximate surface area is 135 Å². The van der Waals surface area contributed by atoms with Gasteiger partial charge in [0.25, 0.3) is 10.1 Å². The van der Waals surface area contributed by atoms with Gasteiger partial charge in [0, 0.05) is 5.02 Å². The first-order valence-electron chi connectivity index (χ1n) is 5.83. The van der Waals surface area contributed by atoms with Crippen LogP contribution in [-0.2, 0) is 19.6 Å². The molecule has 0 heterocycles. The SMILES string of the molecule is COc1c(NC(=O)OCC(N)C(=O)O)cc(Cl)cc1S(=O)(=O)O. The number of carboxylic acids is 1. The monoisotopic (exact) mass is 368 g/mol. The van der Waals surface area contributed by atoms with E-state index < -0.39 is 39.7 Å². The lowest BCUT2D eigenvalue weighted by atomic mass is 10.3. The second-order valence-electron chi connectivity index (χ2n) is 4.13. The van der Waals surface area contributed by atoms with Gasteiger partial charge in [-0.2, -0.15) is 8.42 Å². The number of carbonyl (C=O) groups excluding carboxylic acids is 1. The molecule has 5 N–H and O–H groups in total. The highest BCUT2D eigenvalue weighted by atomic mass is 35.5. The molecule has 0 fully saturated rings. The van der Waals surface area contributed by atoms with E-state index in [2.05, 4.69) is 10.1 Å². The van der Waals surface area contributed by atoms with Crippen molar-refractivity contribution in [2.24, 2.45) is 5.73 Å². The molecular weight excluding hydrogens is 356 g/mol. The molecule has 0 aliphatic heterocycles. The van der Waals surface area contributed by atoms with Crippen LogP contribution in [0.3, 0.4) is 0 Å². The van der Waals surface area contributed by atoms with Crippen molar-refractivity contribution in [2.45, 2.75) is 10.9 Å². The zero-order valence-electron chi connectivity index (χ0n) is 11.6. The third kappa shape index (κ3) is 5.25. The van der Waals surface area contributed by atoms with Crippen molar-refractivity contribution in [1.82, 2.24) is 0 Å². The van der Waals surface area contributed by atoms with Crippen molar-refractivity contribution < 1.29 is 37.1 Å². The van der Waals surface area contributed by atoms with E-state index in [1.807, 2.05) is 0 Å². The van der Waals surface area contributed by atoms with Crippen LogP contribution in [-0.4, -0.2) is 49.9 Å². The summed E-state index contributed by atoms with van der Waals surface area (Å²) >= 11 is 5.72. The molecule has 0 saturated heterocycles. The maximum absolute atomic E-state index is 11.6. The standard InChI is InChI=1S/C11H13ClN2O8S/c1-21-9-7(2-5(12)3-8(9)23(18,19)20)14-11(17)22-4-6(13)10(15)16/h2-3,6H,4,13H2,1H3,(H,14,17)(H,15,16)(H,18,19,20). The Kier molecular flexibility index (Phi) is 6.15. The van der Waals surface area contributed by atoms with Gasteiger partial charge in [0.2, 0.25) is 0 Å². The third-order valence-corrected chi connectivity index (χ3v) is 3.53. The molecule has 0 aromatic heterocycles. The lowest BCUT2D eigenvalue weighted by molar-refractivity contribution is -0.139. The Hall–Kier alpha value is -2.08. The number of anilines is 1. The molecule has 0 bridgehead atoms. The molecule has 10 nitrogen and oxygen atoms in total. The summed E-state index contributed by atoms with van der Waals surface area (Å²) in [5.41, 5.74) is 4.95. The number of carbonyl (C=O) groups is 2. The van der Waals surface area contributed by atoms with E-state index in [1.165, 1.54) is 0 Å². The van der Waals surface area contributed by atoms with Crippen molar-refractivity contribution in [2.75, 3.05) is 19.0 Å². The number of rotatable bonds is 6. The van der Waals surface area contributed by atoms with E-state index in [0.717, 1.165) is 19.2 Å². The minimum absolute atomic E-state index is 0.115. The number of nitrogens with two attached hydrogens (primary N) is 1. The maximum Gasteiger partial charge on any atom is 0.411 e. The van der Waals surface area contributed by atoms with Crippen LogP contribution >= 0.6 is 11.6 Å². The molecule has 1 rings (SSSR count). The smallest absolute Gasteiger partial charge is 0.411 e. The van der Waals surface area contributed by atoms with Crippen molar-refractivity contribution in [1.29, 1.82) is 0 Å². The highest BCUT2D eigenvalue weighted by Crippen LogP contribution is 2.35. The molecule has 0 spiro atoms. The number of ether oxygens (including phenoxy) is 2. The molecule has 0 aliphatic carbocycles. The van der Waals surface area contributed by atoms with E-state index in [9.17, 15) is 18.0 Å². The molecule has 1 aromatic carbocycles. The molecule has 1 amide bonds. The molecule has 1 unspecified atom stereocenters. The third-order valence-electron chi connectivity index (χ3n) is 2.45. The number of nitrogens with one attached hydrogen (secondary N) is 1. The Morgan fingerprint density at radius 2 is 2.04 bits per heavy atom. The number of halogens is 1. The fraction of sp³-hybridized carbons (Fsp3) is 0.273. The number of hydrogen-bond acceptors (Lipinski definition) is 7. The average molecular weight is 369 g/mol. The zero-order valence-corrected chi connectivity index (χ0v) is 13.2. The summed E-state index contributed by atoms with van der Waals surface area (Å²) in [6.07, 6.45) is -1.12. The number of carboxylic acid groups (broad SMARTS) is 1. The van der Waals surface area contributed by atoms with Crippen LogP contribution in [0.1, 0.15) is 0 Å². The van der Waals surface area contributed by atoms with E-state index in [4.69, 9.17) is 31.7 Å². The Balaban J connectivity index is 3.02. The average Bonchev–Trinajstić information content (AvgIpc) is 2.43. The van der Waals surface area contributed by atoms with Crippen LogP contribution in [0.5, 0.6) is 5.75 Å². The van der Waals surface area contributed by atoms with Gasteiger partial charge in [0.1, 0.15) is 17.5 Å². The van der Waals surface area contributed by atoms with Gasteiger partial charge in [0.05, 0.1) is 12.8 Å².